The first-order chi connectivity index (χ1) is 12.6. The van der Waals surface area contributed by atoms with Gasteiger partial charge in [-0.25, -0.2) is 0 Å². The van der Waals surface area contributed by atoms with Gasteiger partial charge in [0.15, 0.2) is 11.8 Å². The summed E-state index contributed by atoms with van der Waals surface area (Å²) in [4.78, 5) is 9.54. The molecule has 2 aliphatic rings. The molecule has 0 aromatic carbocycles. The third kappa shape index (κ3) is 5.79. The molecule has 154 valence electrons. The Balaban J connectivity index is 0.00000261. The Morgan fingerprint density at radius 1 is 1.19 bits per heavy atom. The van der Waals surface area contributed by atoms with Crippen molar-refractivity contribution in [1.82, 2.24) is 29.9 Å². The molecule has 27 heavy (non-hydrogen) atoms. The van der Waals surface area contributed by atoms with E-state index in [4.69, 9.17) is 0 Å². The second kappa shape index (κ2) is 10.6. The normalized spacial score (nSPS) is 24.8. The number of aliphatic imine (C=N–C) groups is 1. The van der Waals surface area contributed by atoms with Gasteiger partial charge in [-0.3, -0.25) is 9.89 Å². The van der Waals surface area contributed by atoms with Gasteiger partial charge in [0.25, 0.3) is 0 Å². The summed E-state index contributed by atoms with van der Waals surface area (Å²) in [6.07, 6.45) is 7.30. The van der Waals surface area contributed by atoms with E-state index in [9.17, 15) is 0 Å². The fourth-order valence-corrected chi connectivity index (χ4v) is 4.39. The van der Waals surface area contributed by atoms with Crippen LogP contribution < -0.4 is 5.32 Å². The van der Waals surface area contributed by atoms with Gasteiger partial charge in [0.05, 0.1) is 6.54 Å². The number of guanidine groups is 1. The van der Waals surface area contributed by atoms with Gasteiger partial charge < -0.3 is 14.8 Å². The number of rotatable bonds is 4. The fraction of sp³-hybridized carbons (Fsp3) is 0.842. The third-order valence-corrected chi connectivity index (χ3v) is 6.24. The zero-order chi connectivity index (χ0) is 18.5. The number of hydrogen-bond donors (Lipinski definition) is 1. The lowest BCUT2D eigenvalue weighted by Crippen LogP contribution is -2.55. The summed E-state index contributed by atoms with van der Waals surface area (Å²) in [6, 6.07) is 0.792. The highest BCUT2D eigenvalue weighted by atomic mass is 127. The smallest absolute Gasteiger partial charge is 0.194 e. The average molecular weight is 489 g/mol. The van der Waals surface area contributed by atoms with E-state index in [1.807, 2.05) is 18.7 Å². The summed E-state index contributed by atoms with van der Waals surface area (Å²) >= 11 is 0. The largest absolute Gasteiger partial charge is 0.349 e. The van der Waals surface area contributed by atoms with E-state index < -0.39 is 0 Å². The first kappa shape index (κ1) is 22.4. The summed E-state index contributed by atoms with van der Waals surface area (Å²) in [5.41, 5.74) is 0. The van der Waals surface area contributed by atoms with E-state index in [1.54, 1.807) is 6.33 Å². The maximum atomic E-state index is 4.46. The fourth-order valence-electron chi connectivity index (χ4n) is 4.39. The molecule has 3 rings (SSSR count). The van der Waals surface area contributed by atoms with Crippen LogP contribution >= 0.6 is 24.0 Å². The molecule has 1 aromatic rings. The Bertz CT molecular complexity index is 585. The van der Waals surface area contributed by atoms with Crippen LogP contribution in [-0.2, 0) is 13.6 Å². The molecule has 7 nitrogen and oxygen atoms in total. The van der Waals surface area contributed by atoms with E-state index in [0.717, 1.165) is 55.8 Å². The summed E-state index contributed by atoms with van der Waals surface area (Å²) in [7, 11) is 3.82. The first-order valence-electron chi connectivity index (χ1n) is 10.1. The molecule has 8 heteroatoms. The van der Waals surface area contributed by atoms with E-state index in [0.29, 0.717) is 6.54 Å². The number of nitrogens with one attached hydrogen (secondary N) is 1. The number of piperazine rings is 1. The summed E-state index contributed by atoms with van der Waals surface area (Å²) in [5.74, 6) is 3.68. The Kier molecular flexibility index (Phi) is 8.78. The van der Waals surface area contributed by atoms with E-state index >= 15 is 0 Å². The lowest BCUT2D eigenvalue weighted by atomic mass is 9.79. The minimum absolute atomic E-state index is 0. The number of halogens is 1. The van der Waals surface area contributed by atoms with Crippen molar-refractivity contribution in [3.8, 4) is 0 Å². The van der Waals surface area contributed by atoms with Gasteiger partial charge in [0.2, 0.25) is 0 Å². The molecule has 2 heterocycles. The first-order valence-corrected chi connectivity index (χ1v) is 10.1. The molecule has 1 aliphatic heterocycles. The van der Waals surface area contributed by atoms with Crippen LogP contribution in [0.3, 0.4) is 0 Å². The Labute approximate surface area is 181 Å². The number of aromatic nitrogens is 3. The summed E-state index contributed by atoms with van der Waals surface area (Å²) in [6.45, 7) is 9.78. The number of nitrogens with zero attached hydrogens (tertiary/aromatic N) is 6. The lowest BCUT2D eigenvalue weighted by Gasteiger charge is -2.43. The number of hydrogen-bond acceptors (Lipinski definition) is 4. The molecule has 1 aromatic heterocycles. The van der Waals surface area contributed by atoms with Gasteiger partial charge in [0.1, 0.15) is 6.33 Å². The zero-order valence-electron chi connectivity index (χ0n) is 17.3. The Morgan fingerprint density at radius 2 is 1.85 bits per heavy atom. The maximum Gasteiger partial charge on any atom is 0.194 e. The number of aryl methyl sites for hydroxylation is 1. The quantitative estimate of drug-likeness (QED) is 0.400. The molecule has 0 spiro atoms. The average Bonchev–Trinajstić information content (AvgIpc) is 3.08. The second-order valence-corrected chi connectivity index (χ2v) is 8.09. The summed E-state index contributed by atoms with van der Waals surface area (Å²) < 4.78 is 1.94. The molecule has 0 unspecified atom stereocenters. The summed E-state index contributed by atoms with van der Waals surface area (Å²) in [5, 5.41) is 11.5. The second-order valence-electron chi connectivity index (χ2n) is 8.09. The maximum absolute atomic E-state index is 4.46. The van der Waals surface area contributed by atoms with Crippen molar-refractivity contribution >= 4 is 29.9 Å². The molecular weight excluding hydrogens is 453 g/mol. The van der Waals surface area contributed by atoms with Crippen LogP contribution in [0.25, 0.3) is 0 Å². The molecule has 1 saturated carbocycles. The van der Waals surface area contributed by atoms with Crippen molar-refractivity contribution < 1.29 is 0 Å². The van der Waals surface area contributed by atoms with Crippen LogP contribution in [0.2, 0.25) is 0 Å². The molecule has 0 atom stereocenters. The standard InChI is InChI=1S/C19H35N7.HI/c1-15(2)16-5-7-17(8-6-16)25-9-11-26(12-10-25)19(20-3)21-13-18-23-22-14-24(18)4;/h14-17H,5-13H2,1-4H3,(H,20,21);1H. The van der Waals surface area contributed by atoms with Crippen LogP contribution in [0.4, 0.5) is 0 Å². The molecule has 1 saturated heterocycles. The highest BCUT2D eigenvalue weighted by Crippen LogP contribution is 2.32. The van der Waals surface area contributed by atoms with Crippen molar-refractivity contribution in [1.29, 1.82) is 0 Å². The molecule has 0 bridgehead atoms. The monoisotopic (exact) mass is 489 g/mol. The van der Waals surface area contributed by atoms with E-state index in [-0.39, 0.29) is 24.0 Å². The van der Waals surface area contributed by atoms with Gasteiger partial charge in [-0.2, -0.15) is 0 Å². The van der Waals surface area contributed by atoms with Gasteiger partial charge in [-0.05, 0) is 37.5 Å². The molecular formula is C19H36IN7. The predicted octanol–water partition coefficient (Wildman–Crippen LogP) is 2.34. The van der Waals surface area contributed by atoms with Crippen LogP contribution in [0.1, 0.15) is 45.4 Å². The Hall–Kier alpha value is -0.900. The van der Waals surface area contributed by atoms with Gasteiger partial charge >= 0.3 is 0 Å². The van der Waals surface area contributed by atoms with E-state index in [1.165, 1.54) is 25.7 Å². The molecule has 2 fully saturated rings. The van der Waals surface area contributed by atoms with Crippen molar-refractivity contribution in [2.24, 2.45) is 23.9 Å². The van der Waals surface area contributed by atoms with Crippen LogP contribution in [0, 0.1) is 11.8 Å². The molecule has 0 amide bonds. The predicted molar refractivity (Wildman–Crippen MR) is 120 cm³/mol. The van der Waals surface area contributed by atoms with Gasteiger partial charge in [0, 0.05) is 46.3 Å². The van der Waals surface area contributed by atoms with Gasteiger partial charge in [-0.15, -0.1) is 34.2 Å². The SMILES string of the molecule is CN=C(NCc1nncn1C)N1CCN(C2CCC(C(C)C)CC2)CC1.I. The molecule has 1 aliphatic carbocycles. The lowest BCUT2D eigenvalue weighted by molar-refractivity contribution is 0.0864. The molecule has 1 N–H and O–H groups in total. The highest BCUT2D eigenvalue weighted by molar-refractivity contribution is 14.0. The van der Waals surface area contributed by atoms with Crippen molar-refractivity contribution in [3.05, 3.63) is 12.2 Å². The van der Waals surface area contributed by atoms with E-state index in [2.05, 4.69) is 44.2 Å². The Morgan fingerprint density at radius 3 is 2.37 bits per heavy atom. The topological polar surface area (TPSA) is 61.6 Å². The van der Waals surface area contributed by atoms with Crippen molar-refractivity contribution in [2.45, 2.75) is 52.1 Å². The van der Waals surface area contributed by atoms with Crippen LogP contribution in [-0.4, -0.2) is 69.8 Å². The van der Waals surface area contributed by atoms with Crippen molar-refractivity contribution in [2.75, 3.05) is 33.2 Å². The minimum Gasteiger partial charge on any atom is -0.349 e. The van der Waals surface area contributed by atoms with Crippen molar-refractivity contribution in [3.63, 3.8) is 0 Å². The van der Waals surface area contributed by atoms with Crippen LogP contribution in [0.15, 0.2) is 11.3 Å². The zero-order valence-corrected chi connectivity index (χ0v) is 19.6. The minimum atomic E-state index is 0. The van der Waals surface area contributed by atoms with Crippen LogP contribution in [0.5, 0.6) is 0 Å². The molecule has 0 radical (unpaired) electrons. The highest BCUT2D eigenvalue weighted by Gasteiger charge is 2.29. The van der Waals surface area contributed by atoms with Gasteiger partial charge in [-0.1, -0.05) is 13.8 Å². The third-order valence-electron chi connectivity index (χ3n) is 6.24.